The van der Waals surface area contributed by atoms with E-state index in [-0.39, 0.29) is 31.4 Å². The maximum Gasteiger partial charge on any atom is 0.247 e. The molecule has 0 saturated carbocycles. The summed E-state index contributed by atoms with van der Waals surface area (Å²) in [4.78, 5) is 39.6. The van der Waals surface area contributed by atoms with Crippen molar-refractivity contribution in [3.63, 3.8) is 0 Å². The van der Waals surface area contributed by atoms with Crippen LogP contribution >= 0.6 is 22.6 Å². The van der Waals surface area contributed by atoms with Crippen LogP contribution in [0.2, 0.25) is 0 Å². The number of aliphatic hydroxyl groups excluding tert-OH is 2. The van der Waals surface area contributed by atoms with Gasteiger partial charge in [-0.15, -0.1) is 0 Å². The fourth-order valence-electron chi connectivity index (χ4n) is 4.72. The number of rotatable bonds is 14. The topological polar surface area (TPSA) is 144 Å². The normalized spacial score (nSPS) is 22.6. The average Bonchev–Trinajstić information content (AvgIpc) is 3.48. The van der Waals surface area contributed by atoms with Crippen molar-refractivity contribution in [3.05, 3.63) is 32.9 Å². The predicted octanol–water partition coefficient (Wildman–Crippen LogP) is 1.32. The summed E-state index contributed by atoms with van der Waals surface area (Å²) < 4.78 is 23.2. The lowest BCUT2D eigenvalue weighted by Gasteiger charge is -2.41. The van der Waals surface area contributed by atoms with Gasteiger partial charge in [-0.3, -0.25) is 14.4 Å². The van der Waals surface area contributed by atoms with Crippen LogP contribution in [-0.2, 0) is 19.1 Å². The molecule has 1 heterocycles. The molecule has 0 aromatic heterocycles. The lowest BCUT2D eigenvalue weighted by molar-refractivity contribution is -0.143. The molecule has 39 heavy (non-hydrogen) atoms. The van der Waals surface area contributed by atoms with Crippen LogP contribution in [0, 0.1) is 9.49 Å². The first-order valence-electron chi connectivity index (χ1n) is 13.1. The molecule has 216 valence electrons. The van der Waals surface area contributed by atoms with Gasteiger partial charge in [0.25, 0.3) is 0 Å². The molecule has 3 rings (SSSR count). The SMILES string of the molecule is CCOCCCN(C(=O)C1CCOC1)C1CC(C(=O)NCCO)=CC(Oc2c(I)cc(C=O)cc2OC)C1O. The maximum absolute atomic E-state index is 13.6. The number of aldehydes is 1. The van der Waals surface area contributed by atoms with Gasteiger partial charge in [0.15, 0.2) is 11.5 Å². The third-order valence-corrected chi connectivity index (χ3v) is 7.51. The highest BCUT2D eigenvalue weighted by atomic mass is 127. The zero-order valence-corrected chi connectivity index (χ0v) is 24.4. The molecule has 1 aromatic rings. The summed E-state index contributed by atoms with van der Waals surface area (Å²) in [6.45, 7) is 3.84. The quantitative estimate of drug-likeness (QED) is 0.153. The molecule has 0 spiro atoms. The molecule has 2 amide bonds. The van der Waals surface area contributed by atoms with E-state index < -0.39 is 24.2 Å². The number of nitrogens with zero attached hydrogens (tertiary/aromatic N) is 1. The predicted molar refractivity (Wildman–Crippen MR) is 150 cm³/mol. The van der Waals surface area contributed by atoms with Crippen molar-refractivity contribution in [2.75, 3.05) is 53.2 Å². The van der Waals surface area contributed by atoms with Crippen molar-refractivity contribution in [1.82, 2.24) is 10.2 Å². The number of benzene rings is 1. The summed E-state index contributed by atoms with van der Waals surface area (Å²) in [5, 5.41) is 23.4. The van der Waals surface area contributed by atoms with Crippen LogP contribution in [0.5, 0.6) is 11.5 Å². The van der Waals surface area contributed by atoms with Gasteiger partial charge in [-0.2, -0.15) is 0 Å². The molecule has 3 N–H and O–H groups in total. The molecule has 1 saturated heterocycles. The van der Waals surface area contributed by atoms with Gasteiger partial charge in [-0.1, -0.05) is 0 Å². The Labute approximate surface area is 241 Å². The van der Waals surface area contributed by atoms with Gasteiger partial charge < -0.3 is 39.4 Å². The largest absolute Gasteiger partial charge is 0.493 e. The molecule has 4 atom stereocenters. The van der Waals surface area contributed by atoms with E-state index in [9.17, 15) is 24.6 Å². The van der Waals surface area contributed by atoms with Crippen molar-refractivity contribution >= 4 is 40.7 Å². The molecular weight excluding hydrogens is 623 g/mol. The summed E-state index contributed by atoms with van der Waals surface area (Å²) in [5.74, 6) is -0.299. The van der Waals surface area contributed by atoms with E-state index >= 15 is 0 Å². The number of nitrogens with one attached hydrogen (secondary N) is 1. The van der Waals surface area contributed by atoms with Gasteiger partial charge in [0.05, 0.1) is 35.9 Å². The lowest BCUT2D eigenvalue weighted by Crippen LogP contribution is -2.56. The Morgan fingerprint density at radius 1 is 1.33 bits per heavy atom. The summed E-state index contributed by atoms with van der Waals surface area (Å²) in [5.41, 5.74) is 0.725. The fourth-order valence-corrected chi connectivity index (χ4v) is 5.47. The number of methoxy groups -OCH3 is 1. The highest BCUT2D eigenvalue weighted by Crippen LogP contribution is 2.37. The molecule has 1 aromatic carbocycles. The number of carbonyl (C=O) groups excluding carboxylic acids is 3. The monoisotopic (exact) mass is 660 g/mol. The molecule has 2 aliphatic rings. The van der Waals surface area contributed by atoms with Crippen molar-refractivity contribution in [2.45, 2.75) is 44.4 Å². The van der Waals surface area contributed by atoms with Crippen molar-refractivity contribution in [3.8, 4) is 11.5 Å². The van der Waals surface area contributed by atoms with Crippen molar-refractivity contribution < 1.29 is 43.5 Å². The lowest BCUT2D eigenvalue weighted by atomic mass is 9.87. The second kappa shape index (κ2) is 15.5. The number of halogens is 1. The van der Waals surface area contributed by atoms with Crippen LogP contribution < -0.4 is 14.8 Å². The van der Waals surface area contributed by atoms with Gasteiger partial charge in [-0.25, -0.2) is 0 Å². The first kappa shape index (κ1) is 31.3. The zero-order chi connectivity index (χ0) is 28.4. The zero-order valence-electron chi connectivity index (χ0n) is 22.3. The number of amides is 2. The molecule has 12 heteroatoms. The van der Waals surface area contributed by atoms with E-state index in [0.29, 0.717) is 78.3 Å². The van der Waals surface area contributed by atoms with Crippen LogP contribution in [0.15, 0.2) is 23.8 Å². The van der Waals surface area contributed by atoms with E-state index in [1.807, 2.05) is 29.5 Å². The second-order valence-corrected chi connectivity index (χ2v) is 10.5. The van der Waals surface area contributed by atoms with Crippen molar-refractivity contribution in [1.29, 1.82) is 0 Å². The Balaban J connectivity index is 1.97. The molecule has 1 aliphatic carbocycles. The number of aliphatic hydroxyl groups is 2. The highest BCUT2D eigenvalue weighted by molar-refractivity contribution is 14.1. The Hall–Kier alpha value is -2.26. The number of carbonyl (C=O) groups is 3. The number of hydrogen-bond acceptors (Lipinski definition) is 9. The smallest absolute Gasteiger partial charge is 0.247 e. The Morgan fingerprint density at radius 3 is 2.77 bits per heavy atom. The molecule has 0 radical (unpaired) electrons. The molecule has 11 nitrogen and oxygen atoms in total. The minimum absolute atomic E-state index is 0.0597. The third-order valence-electron chi connectivity index (χ3n) is 6.71. The maximum atomic E-state index is 13.6. The summed E-state index contributed by atoms with van der Waals surface area (Å²) >= 11 is 2.01. The van der Waals surface area contributed by atoms with Crippen LogP contribution in [-0.4, -0.2) is 105 Å². The molecule has 1 aliphatic heterocycles. The molecule has 0 bridgehead atoms. The van der Waals surface area contributed by atoms with Crippen LogP contribution in [0.3, 0.4) is 0 Å². The van der Waals surface area contributed by atoms with Gasteiger partial charge >= 0.3 is 0 Å². The standard InChI is InChI=1S/C27H37IN2O9/c1-3-37-9-4-7-30(27(35)18-5-10-38-16-18)21-13-19(26(34)29-6-8-31)14-22(24(21)33)39-25-20(28)11-17(15-32)12-23(25)36-2/h11-12,14-15,18,21-22,24,31,33H,3-10,13,16H2,1-2H3,(H,29,34). The van der Waals surface area contributed by atoms with Crippen LogP contribution in [0.25, 0.3) is 0 Å². The Morgan fingerprint density at radius 2 is 2.13 bits per heavy atom. The van der Waals surface area contributed by atoms with Gasteiger partial charge in [-0.05, 0) is 60.6 Å². The van der Waals surface area contributed by atoms with Gasteiger partial charge in [0, 0.05) is 50.5 Å². The average molecular weight is 661 g/mol. The van der Waals surface area contributed by atoms with Crippen molar-refractivity contribution in [2.24, 2.45) is 5.92 Å². The minimum atomic E-state index is -1.18. The van der Waals surface area contributed by atoms with E-state index in [0.717, 1.165) is 0 Å². The number of ether oxygens (including phenoxy) is 4. The van der Waals surface area contributed by atoms with E-state index in [1.165, 1.54) is 13.2 Å². The van der Waals surface area contributed by atoms with Crippen LogP contribution in [0.1, 0.15) is 36.5 Å². The summed E-state index contributed by atoms with van der Waals surface area (Å²) in [6, 6.07) is 2.39. The van der Waals surface area contributed by atoms with E-state index in [1.54, 1.807) is 17.0 Å². The molecule has 1 fully saturated rings. The Bertz CT molecular complexity index is 1030. The van der Waals surface area contributed by atoms with Gasteiger partial charge in [0.2, 0.25) is 11.8 Å². The van der Waals surface area contributed by atoms with E-state index in [2.05, 4.69) is 5.32 Å². The molecular formula is C27H37IN2O9. The fraction of sp³-hybridized carbons (Fsp3) is 0.593. The molecule has 4 unspecified atom stereocenters. The minimum Gasteiger partial charge on any atom is -0.493 e. The highest BCUT2D eigenvalue weighted by Gasteiger charge is 2.42. The number of hydrogen-bond donors (Lipinski definition) is 3. The second-order valence-electron chi connectivity index (χ2n) is 9.31. The van der Waals surface area contributed by atoms with E-state index in [4.69, 9.17) is 18.9 Å². The summed E-state index contributed by atoms with van der Waals surface area (Å²) in [7, 11) is 1.44. The first-order chi connectivity index (χ1) is 18.8. The Kier molecular flexibility index (Phi) is 12.4. The van der Waals surface area contributed by atoms with Crippen LogP contribution in [0.4, 0.5) is 0 Å². The third kappa shape index (κ3) is 8.13. The first-order valence-corrected chi connectivity index (χ1v) is 14.2. The van der Waals surface area contributed by atoms with Gasteiger partial charge in [0.1, 0.15) is 18.5 Å². The summed E-state index contributed by atoms with van der Waals surface area (Å²) in [6.07, 6.45) is 1.29.